The minimum absolute atomic E-state index is 0.0842. The lowest BCUT2D eigenvalue weighted by Gasteiger charge is -1.94. The number of thiocarbonyl (C=S) groups is 1. The molecule has 1 aromatic rings. The molecule has 0 N–H and O–H groups in total. The molecule has 0 atom stereocenters. The van der Waals surface area contributed by atoms with Crippen LogP contribution in [0, 0.1) is 0 Å². The molecule has 0 heterocycles. The monoisotopic (exact) mass is 164 g/mol. The Hall–Kier alpha value is -1.02. The number of hydrogen-bond acceptors (Lipinski definition) is 2. The standard InChI is InChI=1S/C9H8OS/c1-7(10)9-4-2-8(6-11)3-5-9/h2-6H,1H3. The van der Waals surface area contributed by atoms with Crippen molar-refractivity contribution in [2.24, 2.45) is 0 Å². The third-order valence-corrected chi connectivity index (χ3v) is 1.73. The summed E-state index contributed by atoms with van der Waals surface area (Å²) in [5.74, 6) is 0.0842. The fraction of sp³-hybridized carbons (Fsp3) is 0.111. The zero-order valence-electron chi connectivity index (χ0n) is 6.20. The first-order valence-electron chi connectivity index (χ1n) is 3.30. The molecule has 1 aromatic carbocycles. The molecule has 0 fully saturated rings. The van der Waals surface area contributed by atoms with Gasteiger partial charge in [0.2, 0.25) is 0 Å². The van der Waals surface area contributed by atoms with Gasteiger partial charge in [-0.25, -0.2) is 0 Å². The van der Waals surface area contributed by atoms with E-state index in [2.05, 4.69) is 0 Å². The van der Waals surface area contributed by atoms with Crippen LogP contribution in [-0.4, -0.2) is 11.2 Å². The Morgan fingerprint density at radius 2 is 1.91 bits per heavy atom. The first-order valence-corrected chi connectivity index (χ1v) is 3.77. The van der Waals surface area contributed by atoms with Crippen molar-refractivity contribution in [1.29, 1.82) is 0 Å². The minimum atomic E-state index is 0.0842. The molecule has 11 heavy (non-hydrogen) atoms. The topological polar surface area (TPSA) is 17.1 Å². The van der Waals surface area contributed by atoms with E-state index in [9.17, 15) is 4.79 Å². The van der Waals surface area contributed by atoms with Gasteiger partial charge in [-0.1, -0.05) is 36.5 Å². The predicted octanol–water partition coefficient (Wildman–Crippen LogP) is 2.24. The van der Waals surface area contributed by atoms with Crippen LogP contribution in [0.5, 0.6) is 0 Å². The van der Waals surface area contributed by atoms with E-state index in [1.807, 2.05) is 12.1 Å². The van der Waals surface area contributed by atoms with Gasteiger partial charge in [-0.15, -0.1) is 0 Å². The Labute approximate surface area is 71.0 Å². The van der Waals surface area contributed by atoms with Crippen LogP contribution in [-0.2, 0) is 0 Å². The Balaban J connectivity index is 3.00. The average Bonchev–Trinajstić information content (AvgIpc) is 2.05. The molecule has 0 aliphatic heterocycles. The van der Waals surface area contributed by atoms with Crippen LogP contribution in [0.1, 0.15) is 22.8 Å². The predicted molar refractivity (Wildman–Crippen MR) is 49.2 cm³/mol. The minimum Gasteiger partial charge on any atom is -0.295 e. The maximum absolute atomic E-state index is 10.8. The van der Waals surface area contributed by atoms with E-state index in [4.69, 9.17) is 12.2 Å². The summed E-state index contributed by atoms with van der Waals surface area (Å²) in [5.41, 5.74) is 1.69. The van der Waals surface area contributed by atoms with E-state index >= 15 is 0 Å². The quantitative estimate of drug-likeness (QED) is 0.492. The Kier molecular flexibility index (Phi) is 2.49. The molecule has 0 aliphatic carbocycles. The summed E-state index contributed by atoms with van der Waals surface area (Å²) < 4.78 is 0. The van der Waals surface area contributed by atoms with Gasteiger partial charge in [0.1, 0.15) is 0 Å². The Bertz CT molecular complexity index is 274. The van der Waals surface area contributed by atoms with Gasteiger partial charge in [0.25, 0.3) is 0 Å². The van der Waals surface area contributed by atoms with Crippen molar-refractivity contribution in [2.45, 2.75) is 6.92 Å². The highest BCUT2D eigenvalue weighted by molar-refractivity contribution is 7.79. The van der Waals surface area contributed by atoms with Crippen LogP contribution in [0.15, 0.2) is 24.3 Å². The molecule has 1 nitrogen and oxygen atoms in total. The SMILES string of the molecule is CC(=O)c1ccc(C=S)cc1. The van der Waals surface area contributed by atoms with Crippen LogP contribution in [0.2, 0.25) is 0 Å². The molecule has 0 unspecified atom stereocenters. The van der Waals surface area contributed by atoms with E-state index < -0.39 is 0 Å². The van der Waals surface area contributed by atoms with Crippen molar-refractivity contribution in [3.8, 4) is 0 Å². The molecule has 0 aliphatic rings. The number of Topliss-reactive ketones (excluding diaryl/α,β-unsaturated/α-hetero) is 1. The number of benzene rings is 1. The number of hydrogen-bond donors (Lipinski definition) is 0. The number of rotatable bonds is 2. The van der Waals surface area contributed by atoms with Gasteiger partial charge in [0.05, 0.1) is 0 Å². The summed E-state index contributed by atoms with van der Waals surface area (Å²) >= 11 is 4.72. The van der Waals surface area contributed by atoms with E-state index in [-0.39, 0.29) is 5.78 Å². The molecule has 1 rings (SSSR count). The lowest BCUT2D eigenvalue weighted by atomic mass is 10.1. The normalized spacial score (nSPS) is 9.18. The first kappa shape index (κ1) is 8.08. The van der Waals surface area contributed by atoms with E-state index in [0.717, 1.165) is 11.1 Å². The van der Waals surface area contributed by atoms with Crippen molar-refractivity contribution in [1.82, 2.24) is 0 Å². The third kappa shape index (κ3) is 1.95. The van der Waals surface area contributed by atoms with Gasteiger partial charge in [0.15, 0.2) is 5.78 Å². The van der Waals surface area contributed by atoms with Crippen LogP contribution in [0.4, 0.5) is 0 Å². The molecular formula is C9H8OS. The smallest absolute Gasteiger partial charge is 0.159 e. The highest BCUT2D eigenvalue weighted by atomic mass is 32.1. The van der Waals surface area contributed by atoms with Crippen LogP contribution < -0.4 is 0 Å². The van der Waals surface area contributed by atoms with Gasteiger partial charge in [-0.3, -0.25) is 4.79 Å². The maximum atomic E-state index is 10.8. The molecule has 0 amide bonds. The van der Waals surface area contributed by atoms with Gasteiger partial charge >= 0.3 is 0 Å². The van der Waals surface area contributed by atoms with Gasteiger partial charge in [0, 0.05) is 10.9 Å². The summed E-state index contributed by atoms with van der Waals surface area (Å²) in [7, 11) is 0. The van der Waals surface area contributed by atoms with Crippen LogP contribution in [0.3, 0.4) is 0 Å². The zero-order chi connectivity index (χ0) is 8.27. The van der Waals surface area contributed by atoms with Gasteiger partial charge in [-0.05, 0) is 12.5 Å². The van der Waals surface area contributed by atoms with Crippen molar-refractivity contribution in [2.75, 3.05) is 0 Å². The molecule has 0 aromatic heterocycles. The third-order valence-electron chi connectivity index (χ3n) is 1.45. The second-order valence-electron chi connectivity index (χ2n) is 2.30. The highest BCUT2D eigenvalue weighted by Gasteiger charge is 1.96. The summed E-state index contributed by atoms with van der Waals surface area (Å²) in [5, 5.41) is 1.59. The lowest BCUT2D eigenvalue weighted by molar-refractivity contribution is 0.101. The van der Waals surface area contributed by atoms with Gasteiger partial charge < -0.3 is 0 Å². The first-order chi connectivity index (χ1) is 5.24. The van der Waals surface area contributed by atoms with Crippen LogP contribution >= 0.6 is 12.2 Å². The summed E-state index contributed by atoms with van der Waals surface area (Å²) in [6.07, 6.45) is 0. The molecule has 0 saturated heterocycles. The lowest BCUT2D eigenvalue weighted by Crippen LogP contribution is -1.91. The highest BCUT2D eigenvalue weighted by Crippen LogP contribution is 2.02. The number of carbonyl (C=O) groups is 1. The maximum Gasteiger partial charge on any atom is 0.159 e. The van der Waals surface area contributed by atoms with Gasteiger partial charge in [-0.2, -0.15) is 0 Å². The molecule has 56 valence electrons. The largest absolute Gasteiger partial charge is 0.295 e. The molecule has 2 heteroatoms. The number of carbonyl (C=O) groups excluding carboxylic acids is 1. The second-order valence-corrected chi connectivity index (χ2v) is 2.53. The fourth-order valence-electron chi connectivity index (χ4n) is 0.796. The zero-order valence-corrected chi connectivity index (χ0v) is 7.02. The molecule has 0 radical (unpaired) electrons. The molecule has 0 saturated carbocycles. The Morgan fingerprint density at radius 1 is 1.36 bits per heavy atom. The summed E-state index contributed by atoms with van der Waals surface area (Å²) in [6.45, 7) is 1.55. The van der Waals surface area contributed by atoms with Crippen molar-refractivity contribution < 1.29 is 4.79 Å². The van der Waals surface area contributed by atoms with E-state index in [1.54, 1.807) is 24.4 Å². The van der Waals surface area contributed by atoms with Crippen molar-refractivity contribution in [3.05, 3.63) is 35.4 Å². The fourth-order valence-corrected chi connectivity index (χ4v) is 0.954. The molecule has 0 bridgehead atoms. The van der Waals surface area contributed by atoms with E-state index in [1.165, 1.54) is 0 Å². The number of ketones is 1. The summed E-state index contributed by atoms with van der Waals surface area (Å²) in [4.78, 5) is 10.8. The van der Waals surface area contributed by atoms with Crippen molar-refractivity contribution in [3.63, 3.8) is 0 Å². The molecule has 0 spiro atoms. The second kappa shape index (κ2) is 3.39. The van der Waals surface area contributed by atoms with Crippen molar-refractivity contribution >= 4 is 23.4 Å². The Morgan fingerprint density at radius 3 is 2.27 bits per heavy atom. The average molecular weight is 164 g/mol. The van der Waals surface area contributed by atoms with Crippen LogP contribution in [0.25, 0.3) is 0 Å². The summed E-state index contributed by atoms with van der Waals surface area (Å²) in [6, 6.07) is 7.23. The molecular weight excluding hydrogens is 156 g/mol. The van der Waals surface area contributed by atoms with E-state index in [0.29, 0.717) is 0 Å².